The van der Waals surface area contributed by atoms with Crippen LogP contribution in [0.25, 0.3) is 33.4 Å². The molecule has 0 N–H and O–H groups in total. The van der Waals surface area contributed by atoms with Gasteiger partial charge in [-0.3, -0.25) is 0 Å². The SMILES string of the molecule is C=CC(=O)OC(C)CCC1(CCC(C)OC(=O)C=C)c2ccc(-c3ccccc3)cc2-c2cc(-c3ccccc3)ccc21. The molecule has 0 amide bonds. The third-order valence-electron chi connectivity index (χ3n) is 8.50. The molecule has 43 heavy (non-hydrogen) atoms. The van der Waals surface area contributed by atoms with Crippen LogP contribution in [0.4, 0.5) is 0 Å². The minimum atomic E-state index is -0.418. The van der Waals surface area contributed by atoms with Crippen LogP contribution in [0.15, 0.2) is 122 Å². The van der Waals surface area contributed by atoms with Crippen LogP contribution in [0, 0.1) is 0 Å². The number of esters is 2. The molecule has 0 saturated heterocycles. The van der Waals surface area contributed by atoms with Gasteiger partial charge in [0.2, 0.25) is 0 Å². The monoisotopic (exact) mass is 570 g/mol. The second-order valence-corrected chi connectivity index (χ2v) is 11.3. The van der Waals surface area contributed by atoms with Crippen molar-refractivity contribution in [1.82, 2.24) is 0 Å². The second kappa shape index (κ2) is 13.1. The largest absolute Gasteiger partial charge is 0.460 e. The van der Waals surface area contributed by atoms with Crippen LogP contribution in [0.1, 0.15) is 50.7 Å². The summed E-state index contributed by atoms with van der Waals surface area (Å²) >= 11 is 0. The molecule has 0 aromatic heterocycles. The van der Waals surface area contributed by atoms with E-state index in [0.29, 0.717) is 12.8 Å². The van der Waals surface area contributed by atoms with Crippen molar-refractivity contribution in [3.63, 3.8) is 0 Å². The quantitative estimate of drug-likeness (QED) is 0.126. The van der Waals surface area contributed by atoms with Crippen molar-refractivity contribution in [2.75, 3.05) is 0 Å². The fraction of sp³-hybridized carbons (Fsp3) is 0.231. The lowest BCUT2D eigenvalue weighted by Crippen LogP contribution is -2.29. The van der Waals surface area contributed by atoms with Crippen molar-refractivity contribution >= 4 is 11.9 Å². The highest BCUT2D eigenvalue weighted by Crippen LogP contribution is 2.55. The molecule has 2 unspecified atom stereocenters. The van der Waals surface area contributed by atoms with Crippen molar-refractivity contribution in [3.05, 3.63) is 133 Å². The zero-order valence-electron chi connectivity index (χ0n) is 24.9. The van der Waals surface area contributed by atoms with E-state index in [4.69, 9.17) is 9.47 Å². The van der Waals surface area contributed by atoms with E-state index < -0.39 is 11.9 Å². The van der Waals surface area contributed by atoms with Crippen LogP contribution in [0.3, 0.4) is 0 Å². The van der Waals surface area contributed by atoms with Crippen LogP contribution in [0.2, 0.25) is 0 Å². The van der Waals surface area contributed by atoms with Gasteiger partial charge in [-0.05, 0) is 96.2 Å². The maximum atomic E-state index is 12.0. The van der Waals surface area contributed by atoms with Gasteiger partial charge in [-0.2, -0.15) is 0 Å². The van der Waals surface area contributed by atoms with Crippen LogP contribution in [-0.4, -0.2) is 24.1 Å². The summed E-state index contributed by atoms with van der Waals surface area (Å²) in [5.41, 5.74) is 9.20. The van der Waals surface area contributed by atoms with Crippen molar-refractivity contribution in [3.8, 4) is 33.4 Å². The lowest BCUT2D eigenvalue weighted by molar-refractivity contribution is -0.143. The van der Waals surface area contributed by atoms with Gasteiger partial charge in [0.1, 0.15) is 0 Å². The molecule has 218 valence electrons. The molecule has 0 aliphatic heterocycles. The second-order valence-electron chi connectivity index (χ2n) is 11.3. The molecular weight excluding hydrogens is 532 g/mol. The first-order chi connectivity index (χ1) is 20.8. The standard InChI is InChI=1S/C39H38O4/c1-5-37(40)42-27(3)21-23-39(24-22-28(4)43-38(41)6-2)35-19-17-31(29-13-9-7-10-14-29)25-33(35)34-26-32(18-20-36(34)39)30-15-11-8-12-16-30/h5-20,25-28H,1-2,21-24H2,3-4H3. The highest BCUT2D eigenvalue weighted by atomic mass is 16.5. The Morgan fingerprint density at radius 2 is 1.02 bits per heavy atom. The molecule has 1 aliphatic rings. The Bertz CT molecular complexity index is 1500. The van der Waals surface area contributed by atoms with E-state index in [1.165, 1.54) is 45.5 Å². The van der Waals surface area contributed by atoms with E-state index in [1.54, 1.807) is 0 Å². The molecule has 5 rings (SSSR count). The smallest absolute Gasteiger partial charge is 0.330 e. The van der Waals surface area contributed by atoms with Crippen molar-refractivity contribution in [2.24, 2.45) is 0 Å². The number of hydrogen-bond acceptors (Lipinski definition) is 4. The highest BCUT2D eigenvalue weighted by molar-refractivity contribution is 5.87. The van der Waals surface area contributed by atoms with Crippen molar-refractivity contribution < 1.29 is 19.1 Å². The molecule has 0 fully saturated rings. The molecular formula is C39H38O4. The summed E-state index contributed by atoms with van der Waals surface area (Å²) in [4.78, 5) is 24.0. The van der Waals surface area contributed by atoms with Crippen LogP contribution in [-0.2, 0) is 24.5 Å². The number of carbonyl (C=O) groups is 2. The molecule has 0 bridgehead atoms. The molecule has 2 atom stereocenters. The van der Waals surface area contributed by atoms with E-state index in [9.17, 15) is 9.59 Å². The molecule has 4 nitrogen and oxygen atoms in total. The van der Waals surface area contributed by atoms with Gasteiger partial charge in [0.05, 0.1) is 12.2 Å². The Kier molecular flexibility index (Phi) is 9.06. The first-order valence-corrected chi connectivity index (χ1v) is 14.9. The number of fused-ring (bicyclic) bond motifs is 3. The summed E-state index contributed by atoms with van der Waals surface area (Å²) in [7, 11) is 0. The van der Waals surface area contributed by atoms with Crippen molar-refractivity contribution in [1.29, 1.82) is 0 Å². The Hall–Kier alpha value is -4.70. The number of hydrogen-bond donors (Lipinski definition) is 0. The van der Waals surface area contributed by atoms with Gasteiger partial charge < -0.3 is 9.47 Å². The molecule has 0 radical (unpaired) electrons. The molecule has 1 aliphatic carbocycles. The predicted molar refractivity (Wildman–Crippen MR) is 173 cm³/mol. The molecule has 0 spiro atoms. The van der Waals surface area contributed by atoms with Crippen LogP contribution >= 0.6 is 0 Å². The van der Waals surface area contributed by atoms with Gasteiger partial charge in [-0.15, -0.1) is 0 Å². The Morgan fingerprint density at radius 3 is 1.40 bits per heavy atom. The topological polar surface area (TPSA) is 52.6 Å². The van der Waals surface area contributed by atoms with Gasteiger partial charge in [0.25, 0.3) is 0 Å². The minimum absolute atomic E-state index is 0.280. The summed E-state index contributed by atoms with van der Waals surface area (Å²) in [5, 5.41) is 0. The third kappa shape index (κ3) is 6.39. The zero-order valence-corrected chi connectivity index (χ0v) is 24.9. The van der Waals surface area contributed by atoms with Gasteiger partial charge in [-0.25, -0.2) is 9.59 Å². The fourth-order valence-corrected chi connectivity index (χ4v) is 6.31. The Balaban J connectivity index is 1.63. The number of benzene rings is 4. The summed E-state index contributed by atoms with van der Waals surface area (Å²) in [6, 6.07) is 34.4. The van der Waals surface area contributed by atoms with E-state index in [2.05, 4.69) is 98.1 Å². The normalized spacial score (nSPS) is 14.1. The average molecular weight is 571 g/mol. The number of carbonyl (C=O) groups excluding carboxylic acids is 2. The van der Waals surface area contributed by atoms with Gasteiger partial charge in [0, 0.05) is 17.6 Å². The maximum Gasteiger partial charge on any atom is 0.330 e. The van der Waals surface area contributed by atoms with E-state index in [0.717, 1.165) is 24.0 Å². The lowest BCUT2D eigenvalue weighted by atomic mass is 9.70. The number of ether oxygens (including phenoxy) is 2. The summed E-state index contributed by atoms with van der Waals surface area (Å²) in [5.74, 6) is -0.836. The lowest BCUT2D eigenvalue weighted by Gasteiger charge is -2.34. The summed E-state index contributed by atoms with van der Waals surface area (Å²) < 4.78 is 11.2. The zero-order chi connectivity index (χ0) is 30.4. The van der Waals surface area contributed by atoms with Crippen LogP contribution < -0.4 is 0 Å². The summed E-state index contributed by atoms with van der Waals surface area (Å²) in [6.07, 6.45) is 4.71. The molecule has 0 saturated carbocycles. The summed E-state index contributed by atoms with van der Waals surface area (Å²) in [6.45, 7) is 11.0. The molecule has 4 aromatic carbocycles. The number of rotatable bonds is 12. The molecule has 4 heteroatoms. The molecule has 4 aromatic rings. The van der Waals surface area contributed by atoms with E-state index in [-0.39, 0.29) is 17.6 Å². The minimum Gasteiger partial charge on any atom is -0.460 e. The molecule has 0 heterocycles. The van der Waals surface area contributed by atoms with Gasteiger partial charge in [-0.1, -0.05) is 98.1 Å². The average Bonchev–Trinajstić information content (AvgIpc) is 3.32. The third-order valence-corrected chi connectivity index (χ3v) is 8.50. The maximum absolute atomic E-state index is 12.0. The van der Waals surface area contributed by atoms with Gasteiger partial charge in [0.15, 0.2) is 0 Å². The van der Waals surface area contributed by atoms with E-state index in [1.807, 2.05) is 26.0 Å². The highest BCUT2D eigenvalue weighted by Gasteiger charge is 2.43. The van der Waals surface area contributed by atoms with E-state index >= 15 is 0 Å². The van der Waals surface area contributed by atoms with Crippen LogP contribution in [0.5, 0.6) is 0 Å². The fourth-order valence-electron chi connectivity index (χ4n) is 6.31. The first kappa shape index (κ1) is 29.8. The Labute approximate surface area is 254 Å². The predicted octanol–water partition coefficient (Wildman–Crippen LogP) is 9.08. The van der Waals surface area contributed by atoms with Gasteiger partial charge >= 0.3 is 11.9 Å². The first-order valence-electron chi connectivity index (χ1n) is 14.9. The Morgan fingerprint density at radius 1 is 0.628 bits per heavy atom. The van der Waals surface area contributed by atoms with Crippen molar-refractivity contribution in [2.45, 2.75) is 57.2 Å².